The molecule has 0 rings (SSSR count). The van der Waals surface area contributed by atoms with Crippen molar-refractivity contribution in [2.45, 2.75) is 6.92 Å². The van der Waals surface area contributed by atoms with Gasteiger partial charge in [0, 0.05) is 12.4 Å². The van der Waals surface area contributed by atoms with Crippen molar-refractivity contribution in [3.8, 4) is 0 Å². The molecular weight excluding hydrogens is 232 g/mol. The molecule has 0 aliphatic carbocycles. The lowest BCUT2D eigenvalue weighted by atomic mass is 10.2. The molecule has 0 atom stereocenters. The maximum atomic E-state index is 4.11. The van der Waals surface area contributed by atoms with Crippen molar-refractivity contribution in [1.82, 2.24) is 0 Å². The van der Waals surface area contributed by atoms with Gasteiger partial charge in [0.1, 0.15) is 0 Å². The average Bonchev–Trinajstić information content (AvgIpc) is 2.40. The number of hydrogen-bond donors (Lipinski definition) is 0. The SMILES string of the molecule is C=CC(=C)/C=C\C(=C)/C=C\C=N/C(=C)C(=C)/N=C\C. The van der Waals surface area contributed by atoms with E-state index in [1.54, 1.807) is 24.6 Å². The molecule has 0 saturated carbocycles. The second-order valence-electron chi connectivity index (χ2n) is 3.61. The van der Waals surface area contributed by atoms with Crippen LogP contribution in [0.15, 0.2) is 95.8 Å². The molecule has 0 heterocycles. The topological polar surface area (TPSA) is 24.7 Å². The fourth-order valence-electron chi connectivity index (χ4n) is 0.942. The van der Waals surface area contributed by atoms with Crippen LogP contribution < -0.4 is 0 Å². The molecule has 0 N–H and O–H groups in total. The van der Waals surface area contributed by atoms with Gasteiger partial charge in [-0.1, -0.05) is 57.2 Å². The van der Waals surface area contributed by atoms with E-state index in [9.17, 15) is 0 Å². The van der Waals surface area contributed by atoms with Gasteiger partial charge in [-0.05, 0) is 24.1 Å². The van der Waals surface area contributed by atoms with Gasteiger partial charge >= 0.3 is 0 Å². The maximum Gasteiger partial charge on any atom is 0.0808 e. The van der Waals surface area contributed by atoms with Gasteiger partial charge in [-0.2, -0.15) is 0 Å². The Balaban J connectivity index is 4.36. The van der Waals surface area contributed by atoms with Crippen molar-refractivity contribution in [2.24, 2.45) is 9.98 Å². The van der Waals surface area contributed by atoms with Crippen LogP contribution in [0.2, 0.25) is 0 Å². The minimum absolute atomic E-state index is 0.531. The third-order valence-electron chi connectivity index (χ3n) is 2.02. The van der Waals surface area contributed by atoms with Crippen LogP contribution in [0.5, 0.6) is 0 Å². The van der Waals surface area contributed by atoms with Crippen LogP contribution in [0.25, 0.3) is 0 Å². The Morgan fingerprint density at radius 1 is 0.842 bits per heavy atom. The first-order valence-corrected chi connectivity index (χ1v) is 5.77. The third-order valence-corrected chi connectivity index (χ3v) is 2.02. The number of hydrogen-bond acceptors (Lipinski definition) is 2. The maximum absolute atomic E-state index is 4.11. The minimum atomic E-state index is 0.531. The van der Waals surface area contributed by atoms with E-state index in [1.807, 2.05) is 25.2 Å². The largest absolute Gasteiger partial charge is 0.260 e. The summed E-state index contributed by atoms with van der Waals surface area (Å²) in [5, 5.41) is 0. The van der Waals surface area contributed by atoms with E-state index in [1.165, 1.54) is 0 Å². The summed E-state index contributed by atoms with van der Waals surface area (Å²) in [6.07, 6.45) is 12.3. The van der Waals surface area contributed by atoms with E-state index >= 15 is 0 Å². The molecule has 2 nitrogen and oxygen atoms in total. The van der Waals surface area contributed by atoms with Gasteiger partial charge in [0.25, 0.3) is 0 Å². The quantitative estimate of drug-likeness (QED) is 0.446. The Hall–Kier alpha value is -2.48. The molecule has 0 spiro atoms. The molecule has 0 radical (unpaired) electrons. The zero-order chi connectivity index (χ0) is 14.7. The van der Waals surface area contributed by atoms with E-state index in [-0.39, 0.29) is 0 Å². The van der Waals surface area contributed by atoms with Gasteiger partial charge < -0.3 is 0 Å². The van der Waals surface area contributed by atoms with Crippen molar-refractivity contribution in [1.29, 1.82) is 0 Å². The summed E-state index contributed by atoms with van der Waals surface area (Å²) in [6.45, 7) is 20.6. The Labute approximate surface area is 116 Å². The van der Waals surface area contributed by atoms with Crippen LogP contribution in [0, 0.1) is 0 Å². The lowest BCUT2D eigenvalue weighted by molar-refractivity contribution is 1.28. The van der Waals surface area contributed by atoms with E-state index in [0.29, 0.717) is 11.4 Å². The number of allylic oxidation sites excluding steroid dienone is 7. The molecule has 0 bridgehead atoms. The average molecular weight is 252 g/mol. The highest BCUT2D eigenvalue weighted by atomic mass is 14.8. The van der Waals surface area contributed by atoms with Crippen molar-refractivity contribution in [3.05, 3.63) is 85.8 Å². The molecule has 2 heteroatoms. The highest BCUT2D eigenvalue weighted by molar-refractivity contribution is 5.74. The normalized spacial score (nSPS) is 11.6. The standard InChI is InChI=1S/C17H20N2/c1-7-14(3)11-12-15(4)10-9-13-19-17(6)16(5)18-8-2/h7-13H,1,3-6H2,2H3/b10-9-,12-11-,18-8-,19-13-. The fourth-order valence-corrected chi connectivity index (χ4v) is 0.942. The molecule has 0 unspecified atom stereocenters. The first kappa shape index (κ1) is 16.5. The van der Waals surface area contributed by atoms with Crippen LogP contribution >= 0.6 is 0 Å². The van der Waals surface area contributed by atoms with Crippen LogP contribution in [-0.2, 0) is 0 Å². The number of nitrogens with zero attached hydrogens (tertiary/aromatic N) is 2. The predicted octanol–water partition coefficient (Wildman–Crippen LogP) is 4.59. The van der Waals surface area contributed by atoms with Gasteiger partial charge in [0.15, 0.2) is 0 Å². The molecule has 98 valence electrons. The second-order valence-corrected chi connectivity index (χ2v) is 3.61. The zero-order valence-corrected chi connectivity index (χ0v) is 11.5. The van der Waals surface area contributed by atoms with Crippen LogP contribution in [0.1, 0.15) is 6.92 Å². The van der Waals surface area contributed by atoms with Crippen LogP contribution in [0.3, 0.4) is 0 Å². The van der Waals surface area contributed by atoms with Crippen molar-refractivity contribution >= 4 is 12.4 Å². The highest BCUT2D eigenvalue weighted by Gasteiger charge is 1.91. The molecule has 19 heavy (non-hydrogen) atoms. The second kappa shape index (κ2) is 9.54. The monoisotopic (exact) mass is 252 g/mol. The molecule has 0 aliphatic rings. The summed E-state index contributed by atoms with van der Waals surface area (Å²) in [5.41, 5.74) is 2.76. The summed E-state index contributed by atoms with van der Waals surface area (Å²) >= 11 is 0. The molecule has 0 aromatic carbocycles. The summed E-state index contributed by atoms with van der Waals surface area (Å²) in [4.78, 5) is 8.10. The number of rotatable bonds is 8. The van der Waals surface area contributed by atoms with Crippen molar-refractivity contribution < 1.29 is 0 Å². The highest BCUT2D eigenvalue weighted by Crippen LogP contribution is 2.06. The van der Waals surface area contributed by atoms with Crippen LogP contribution in [0.4, 0.5) is 0 Å². The van der Waals surface area contributed by atoms with Gasteiger partial charge in [0.05, 0.1) is 11.4 Å². The summed E-state index contributed by atoms with van der Waals surface area (Å²) in [5.74, 6) is 0. The smallest absolute Gasteiger partial charge is 0.0808 e. The summed E-state index contributed by atoms with van der Waals surface area (Å²) < 4.78 is 0. The van der Waals surface area contributed by atoms with Crippen molar-refractivity contribution in [3.63, 3.8) is 0 Å². The Morgan fingerprint density at radius 3 is 2.00 bits per heavy atom. The van der Waals surface area contributed by atoms with Gasteiger partial charge in [-0.25, -0.2) is 0 Å². The van der Waals surface area contributed by atoms with E-state index in [2.05, 4.69) is 42.9 Å². The van der Waals surface area contributed by atoms with E-state index in [0.717, 1.165) is 11.1 Å². The first-order valence-electron chi connectivity index (χ1n) is 5.77. The van der Waals surface area contributed by atoms with Crippen molar-refractivity contribution in [2.75, 3.05) is 0 Å². The molecule has 0 aromatic rings. The number of aliphatic imine (C=N–C) groups is 2. The predicted molar refractivity (Wildman–Crippen MR) is 87.7 cm³/mol. The Bertz CT molecular complexity index is 497. The molecule has 0 saturated heterocycles. The fraction of sp³-hybridized carbons (Fsp3) is 0.0588. The van der Waals surface area contributed by atoms with Gasteiger partial charge in [0.2, 0.25) is 0 Å². The lowest BCUT2D eigenvalue weighted by Crippen LogP contribution is -1.80. The molecule has 0 amide bonds. The lowest BCUT2D eigenvalue weighted by Gasteiger charge is -1.95. The van der Waals surface area contributed by atoms with Gasteiger partial charge in [-0.15, -0.1) is 0 Å². The molecular formula is C17H20N2. The van der Waals surface area contributed by atoms with Gasteiger partial charge in [-0.3, -0.25) is 9.98 Å². The first-order chi connectivity index (χ1) is 9.01. The zero-order valence-electron chi connectivity index (χ0n) is 11.5. The Morgan fingerprint density at radius 2 is 1.42 bits per heavy atom. The summed E-state index contributed by atoms with van der Waals surface area (Å²) in [6, 6.07) is 0. The van der Waals surface area contributed by atoms with E-state index < -0.39 is 0 Å². The molecule has 0 fully saturated rings. The molecule has 0 aliphatic heterocycles. The Kier molecular flexibility index (Phi) is 8.29. The molecule has 0 aromatic heterocycles. The summed E-state index contributed by atoms with van der Waals surface area (Å²) in [7, 11) is 0. The minimum Gasteiger partial charge on any atom is -0.260 e. The van der Waals surface area contributed by atoms with E-state index in [4.69, 9.17) is 0 Å². The third kappa shape index (κ3) is 8.27. The van der Waals surface area contributed by atoms with Crippen LogP contribution in [-0.4, -0.2) is 12.4 Å².